The highest BCUT2D eigenvalue weighted by atomic mass is 79.9. The average Bonchev–Trinajstić information content (AvgIpc) is 2.47. The van der Waals surface area contributed by atoms with Crippen molar-refractivity contribution in [2.24, 2.45) is 0 Å². The lowest BCUT2D eigenvalue weighted by molar-refractivity contribution is -0.384. The van der Waals surface area contributed by atoms with Gasteiger partial charge in [-0.25, -0.2) is 0 Å². The molecule has 0 fully saturated rings. The third-order valence-corrected chi connectivity index (χ3v) is 3.58. The number of rotatable bonds is 5. The number of nitro benzene ring substituents is 1. The Labute approximate surface area is 125 Å². The number of hydrogen-bond donors (Lipinski definition) is 0. The minimum absolute atomic E-state index is 0.109. The molecule has 0 bridgehead atoms. The van der Waals surface area contributed by atoms with Crippen LogP contribution < -0.4 is 4.90 Å². The molecule has 0 aliphatic rings. The standard InChI is InChI=1S/C14H14BrN3O2/c1-17(10-11-3-2-6-16-9-11)14-5-4-13(18(19)20)7-12(14)8-15/h2-7,9H,8,10H2,1H3. The van der Waals surface area contributed by atoms with Gasteiger partial charge in [0, 0.05) is 49.1 Å². The van der Waals surface area contributed by atoms with E-state index in [1.54, 1.807) is 18.3 Å². The van der Waals surface area contributed by atoms with Crippen molar-refractivity contribution >= 4 is 27.3 Å². The monoisotopic (exact) mass is 335 g/mol. The van der Waals surface area contributed by atoms with Crippen LogP contribution in [0.1, 0.15) is 11.1 Å². The van der Waals surface area contributed by atoms with Gasteiger partial charge < -0.3 is 4.90 Å². The van der Waals surface area contributed by atoms with Crippen molar-refractivity contribution in [2.75, 3.05) is 11.9 Å². The van der Waals surface area contributed by atoms with Crippen molar-refractivity contribution in [3.8, 4) is 0 Å². The molecule has 2 aromatic rings. The molecule has 0 saturated carbocycles. The first-order chi connectivity index (χ1) is 9.61. The Morgan fingerprint density at radius 1 is 1.40 bits per heavy atom. The molecule has 20 heavy (non-hydrogen) atoms. The Kier molecular flexibility index (Phi) is 4.68. The summed E-state index contributed by atoms with van der Waals surface area (Å²) in [6.45, 7) is 0.700. The summed E-state index contributed by atoms with van der Waals surface area (Å²) in [5.74, 6) is 0. The Morgan fingerprint density at radius 2 is 2.20 bits per heavy atom. The lowest BCUT2D eigenvalue weighted by atomic mass is 10.1. The van der Waals surface area contributed by atoms with E-state index in [1.165, 1.54) is 6.07 Å². The maximum Gasteiger partial charge on any atom is 0.269 e. The Bertz CT molecular complexity index is 605. The van der Waals surface area contributed by atoms with Gasteiger partial charge in [0.15, 0.2) is 0 Å². The van der Waals surface area contributed by atoms with E-state index >= 15 is 0 Å². The van der Waals surface area contributed by atoms with E-state index in [0.29, 0.717) is 11.9 Å². The zero-order valence-corrected chi connectivity index (χ0v) is 12.6. The Balaban J connectivity index is 2.25. The zero-order valence-electron chi connectivity index (χ0n) is 11.0. The molecular formula is C14H14BrN3O2. The van der Waals surface area contributed by atoms with Crippen LogP contribution >= 0.6 is 15.9 Å². The third-order valence-electron chi connectivity index (χ3n) is 2.97. The minimum atomic E-state index is -0.378. The smallest absolute Gasteiger partial charge is 0.269 e. The Hall–Kier alpha value is -1.95. The van der Waals surface area contributed by atoms with Gasteiger partial charge in [-0.1, -0.05) is 22.0 Å². The number of nitrogens with zero attached hydrogens (tertiary/aromatic N) is 3. The van der Waals surface area contributed by atoms with Gasteiger partial charge in [-0.15, -0.1) is 0 Å². The van der Waals surface area contributed by atoms with Gasteiger partial charge in [0.1, 0.15) is 0 Å². The first kappa shape index (κ1) is 14.5. The van der Waals surface area contributed by atoms with Crippen LogP contribution in [0, 0.1) is 10.1 Å². The number of hydrogen-bond acceptors (Lipinski definition) is 4. The van der Waals surface area contributed by atoms with Crippen LogP contribution in [0.15, 0.2) is 42.7 Å². The summed E-state index contributed by atoms with van der Waals surface area (Å²) < 4.78 is 0. The second-order valence-electron chi connectivity index (χ2n) is 4.42. The van der Waals surface area contributed by atoms with E-state index in [0.717, 1.165) is 16.8 Å². The van der Waals surface area contributed by atoms with Crippen LogP contribution in [0.5, 0.6) is 0 Å². The minimum Gasteiger partial charge on any atom is -0.370 e. The van der Waals surface area contributed by atoms with Crippen molar-refractivity contribution in [1.29, 1.82) is 0 Å². The summed E-state index contributed by atoms with van der Waals surface area (Å²) >= 11 is 3.38. The fraction of sp³-hybridized carbons (Fsp3) is 0.214. The highest BCUT2D eigenvalue weighted by Crippen LogP contribution is 2.27. The summed E-state index contributed by atoms with van der Waals surface area (Å²) in [5, 5.41) is 11.4. The predicted octanol–water partition coefficient (Wildman–Crippen LogP) is 3.52. The molecule has 0 atom stereocenters. The van der Waals surface area contributed by atoms with Gasteiger partial charge in [0.25, 0.3) is 5.69 Å². The number of halogens is 1. The fourth-order valence-corrected chi connectivity index (χ4v) is 2.46. The molecular weight excluding hydrogens is 322 g/mol. The number of nitro groups is 1. The van der Waals surface area contributed by atoms with E-state index in [-0.39, 0.29) is 10.6 Å². The van der Waals surface area contributed by atoms with Crippen LogP contribution in [0.4, 0.5) is 11.4 Å². The summed E-state index contributed by atoms with van der Waals surface area (Å²) in [4.78, 5) is 16.6. The van der Waals surface area contributed by atoms with Crippen LogP contribution in [-0.4, -0.2) is 17.0 Å². The molecule has 0 aliphatic heterocycles. The lowest BCUT2D eigenvalue weighted by Crippen LogP contribution is -2.18. The SMILES string of the molecule is CN(Cc1cccnc1)c1ccc([N+](=O)[O-])cc1CBr. The quantitative estimate of drug-likeness (QED) is 0.476. The summed E-state index contributed by atoms with van der Waals surface area (Å²) in [6, 6.07) is 8.81. The average molecular weight is 336 g/mol. The summed E-state index contributed by atoms with van der Waals surface area (Å²) in [6.07, 6.45) is 3.55. The second kappa shape index (κ2) is 6.47. The number of non-ortho nitro benzene ring substituents is 1. The fourth-order valence-electron chi connectivity index (χ4n) is 2.02. The van der Waals surface area contributed by atoms with Crippen molar-refractivity contribution < 1.29 is 4.92 Å². The van der Waals surface area contributed by atoms with Crippen LogP contribution in [-0.2, 0) is 11.9 Å². The molecule has 0 saturated heterocycles. The molecule has 2 rings (SSSR count). The van der Waals surface area contributed by atoms with Gasteiger partial charge in [0.2, 0.25) is 0 Å². The molecule has 0 aliphatic carbocycles. The first-order valence-corrected chi connectivity index (χ1v) is 7.17. The number of alkyl halides is 1. The molecule has 0 amide bonds. The highest BCUT2D eigenvalue weighted by Gasteiger charge is 2.13. The number of aromatic nitrogens is 1. The van der Waals surface area contributed by atoms with Crippen LogP contribution in [0.2, 0.25) is 0 Å². The molecule has 1 heterocycles. The van der Waals surface area contributed by atoms with E-state index in [1.807, 2.05) is 25.4 Å². The summed E-state index contributed by atoms with van der Waals surface area (Å²) in [7, 11) is 1.96. The molecule has 6 heteroatoms. The molecule has 0 spiro atoms. The van der Waals surface area contributed by atoms with Gasteiger partial charge in [0.05, 0.1) is 4.92 Å². The number of benzene rings is 1. The largest absolute Gasteiger partial charge is 0.370 e. The van der Waals surface area contributed by atoms with Gasteiger partial charge in [-0.05, 0) is 23.3 Å². The molecule has 5 nitrogen and oxygen atoms in total. The van der Waals surface area contributed by atoms with E-state index < -0.39 is 0 Å². The molecule has 0 radical (unpaired) electrons. The van der Waals surface area contributed by atoms with Crippen molar-refractivity contribution in [3.63, 3.8) is 0 Å². The maximum atomic E-state index is 10.8. The zero-order chi connectivity index (χ0) is 14.5. The van der Waals surface area contributed by atoms with Crippen molar-refractivity contribution in [2.45, 2.75) is 11.9 Å². The van der Waals surface area contributed by atoms with Crippen LogP contribution in [0.25, 0.3) is 0 Å². The molecule has 1 aromatic carbocycles. The highest BCUT2D eigenvalue weighted by molar-refractivity contribution is 9.08. The van der Waals surface area contributed by atoms with Gasteiger partial charge in [-0.2, -0.15) is 0 Å². The predicted molar refractivity (Wildman–Crippen MR) is 82.1 cm³/mol. The molecule has 0 unspecified atom stereocenters. The maximum absolute atomic E-state index is 10.8. The number of anilines is 1. The van der Waals surface area contributed by atoms with E-state index in [2.05, 4.69) is 25.8 Å². The van der Waals surface area contributed by atoms with E-state index in [4.69, 9.17) is 0 Å². The van der Waals surface area contributed by atoms with Gasteiger partial charge >= 0.3 is 0 Å². The molecule has 0 N–H and O–H groups in total. The number of pyridine rings is 1. The Morgan fingerprint density at radius 3 is 2.80 bits per heavy atom. The van der Waals surface area contributed by atoms with Gasteiger partial charge in [-0.3, -0.25) is 15.1 Å². The second-order valence-corrected chi connectivity index (χ2v) is 4.98. The van der Waals surface area contributed by atoms with E-state index in [9.17, 15) is 10.1 Å². The molecule has 1 aromatic heterocycles. The molecule has 104 valence electrons. The summed E-state index contributed by atoms with van der Waals surface area (Å²) in [5.41, 5.74) is 3.06. The topological polar surface area (TPSA) is 59.3 Å². The third kappa shape index (κ3) is 3.33. The first-order valence-electron chi connectivity index (χ1n) is 6.05. The van der Waals surface area contributed by atoms with Crippen LogP contribution in [0.3, 0.4) is 0 Å². The normalized spacial score (nSPS) is 10.3. The van der Waals surface area contributed by atoms with Crippen molar-refractivity contribution in [1.82, 2.24) is 4.98 Å². The lowest BCUT2D eigenvalue weighted by Gasteiger charge is -2.21. The van der Waals surface area contributed by atoms with Crippen molar-refractivity contribution in [3.05, 3.63) is 64.0 Å².